The molecule has 1 aromatic carbocycles. The molecule has 2 fully saturated rings. The lowest BCUT2D eigenvalue weighted by molar-refractivity contribution is -0.128. The van der Waals surface area contributed by atoms with Crippen molar-refractivity contribution in [3.8, 4) is 0 Å². The molecule has 3 rings (SSSR count). The van der Waals surface area contributed by atoms with E-state index in [0.29, 0.717) is 0 Å². The van der Waals surface area contributed by atoms with Gasteiger partial charge in [-0.1, -0.05) is 49.1 Å². The van der Waals surface area contributed by atoms with Crippen molar-refractivity contribution in [3.63, 3.8) is 0 Å². The van der Waals surface area contributed by atoms with E-state index >= 15 is 0 Å². The number of piperazine rings is 1. The molecular formula is C21H34ClN3O. The van der Waals surface area contributed by atoms with E-state index in [2.05, 4.69) is 46.7 Å². The first-order valence-corrected chi connectivity index (χ1v) is 9.99. The van der Waals surface area contributed by atoms with Gasteiger partial charge in [-0.15, -0.1) is 12.4 Å². The number of aryl methyl sites for hydroxylation is 1. The predicted octanol–water partition coefficient (Wildman–Crippen LogP) is 3.03. The van der Waals surface area contributed by atoms with E-state index in [1.54, 1.807) is 0 Å². The smallest absolute Gasteiger partial charge is 0.230 e. The quantitative estimate of drug-likeness (QED) is 0.747. The van der Waals surface area contributed by atoms with Crippen LogP contribution >= 0.6 is 12.4 Å². The van der Waals surface area contributed by atoms with Gasteiger partial charge in [0.05, 0.1) is 5.41 Å². The van der Waals surface area contributed by atoms with E-state index in [1.807, 2.05) is 0 Å². The zero-order chi connectivity index (χ0) is 17.5. The van der Waals surface area contributed by atoms with Crippen molar-refractivity contribution >= 4 is 18.3 Å². The number of hydrogen-bond acceptors (Lipinski definition) is 3. The number of nitrogens with zero attached hydrogens (tertiary/aromatic N) is 1. The van der Waals surface area contributed by atoms with Gasteiger partial charge in [-0.3, -0.25) is 4.79 Å². The number of benzene rings is 1. The standard InChI is InChI=1S/C21H33N3O.ClH/c1-18-7-5-8-19(17-18)21(9-3-2-4-10-21)20(25)23-11-6-14-24-15-12-22-13-16-24;/h5,7-8,17,22H,2-4,6,9-16H2,1H3,(H,23,25);1H. The Labute approximate surface area is 164 Å². The van der Waals surface area contributed by atoms with Gasteiger partial charge in [0.15, 0.2) is 0 Å². The van der Waals surface area contributed by atoms with Crippen LogP contribution in [0.5, 0.6) is 0 Å². The molecule has 1 aliphatic heterocycles. The first kappa shape index (κ1) is 21.2. The summed E-state index contributed by atoms with van der Waals surface area (Å²) in [6.45, 7) is 8.41. The Morgan fingerprint density at radius 3 is 2.62 bits per heavy atom. The van der Waals surface area contributed by atoms with E-state index in [4.69, 9.17) is 0 Å². The average Bonchev–Trinajstić information content (AvgIpc) is 2.66. The lowest BCUT2D eigenvalue weighted by Crippen LogP contribution is -2.47. The molecule has 1 saturated heterocycles. The number of amides is 1. The second kappa shape index (κ2) is 10.3. The van der Waals surface area contributed by atoms with Crippen molar-refractivity contribution in [2.24, 2.45) is 0 Å². The third-order valence-corrected chi connectivity index (χ3v) is 5.86. The maximum atomic E-state index is 13.1. The highest BCUT2D eigenvalue weighted by molar-refractivity contribution is 5.88. The molecule has 1 aliphatic carbocycles. The molecule has 1 saturated carbocycles. The first-order chi connectivity index (χ1) is 12.2. The summed E-state index contributed by atoms with van der Waals surface area (Å²) in [4.78, 5) is 15.6. The Hall–Kier alpha value is -1.10. The van der Waals surface area contributed by atoms with Crippen molar-refractivity contribution in [2.75, 3.05) is 39.3 Å². The number of rotatable bonds is 6. The molecule has 5 heteroatoms. The molecule has 1 aromatic rings. The molecule has 0 atom stereocenters. The van der Waals surface area contributed by atoms with Crippen molar-refractivity contribution in [3.05, 3.63) is 35.4 Å². The molecule has 0 spiro atoms. The zero-order valence-electron chi connectivity index (χ0n) is 16.1. The van der Waals surface area contributed by atoms with Gasteiger partial charge < -0.3 is 15.5 Å². The fourth-order valence-corrected chi connectivity index (χ4v) is 4.35. The largest absolute Gasteiger partial charge is 0.355 e. The molecule has 0 aromatic heterocycles. The van der Waals surface area contributed by atoms with Gasteiger partial charge in [-0.05, 0) is 38.3 Å². The van der Waals surface area contributed by atoms with Crippen LogP contribution in [0.1, 0.15) is 49.7 Å². The highest BCUT2D eigenvalue weighted by atomic mass is 35.5. The van der Waals surface area contributed by atoms with E-state index in [-0.39, 0.29) is 23.7 Å². The van der Waals surface area contributed by atoms with Crippen LogP contribution < -0.4 is 10.6 Å². The second-order valence-electron chi connectivity index (χ2n) is 7.71. The van der Waals surface area contributed by atoms with E-state index in [0.717, 1.165) is 71.4 Å². The van der Waals surface area contributed by atoms with Gasteiger partial charge in [0.2, 0.25) is 5.91 Å². The minimum Gasteiger partial charge on any atom is -0.355 e. The van der Waals surface area contributed by atoms with Crippen LogP contribution in [0.2, 0.25) is 0 Å². The first-order valence-electron chi connectivity index (χ1n) is 9.99. The average molecular weight is 380 g/mol. The Kier molecular flexibility index (Phi) is 8.39. The number of carbonyl (C=O) groups excluding carboxylic acids is 1. The molecule has 2 N–H and O–H groups in total. The molecule has 2 aliphatic rings. The van der Waals surface area contributed by atoms with E-state index in [1.165, 1.54) is 17.5 Å². The Balaban J connectivity index is 0.00000243. The number of nitrogens with one attached hydrogen (secondary N) is 2. The maximum absolute atomic E-state index is 13.1. The third kappa shape index (κ3) is 5.21. The minimum atomic E-state index is -0.306. The summed E-state index contributed by atoms with van der Waals surface area (Å²) < 4.78 is 0. The summed E-state index contributed by atoms with van der Waals surface area (Å²) >= 11 is 0. The molecule has 1 amide bonds. The van der Waals surface area contributed by atoms with Gasteiger partial charge in [-0.25, -0.2) is 0 Å². The van der Waals surface area contributed by atoms with Crippen LogP contribution in [0.15, 0.2) is 24.3 Å². The normalized spacial score (nSPS) is 20.2. The zero-order valence-corrected chi connectivity index (χ0v) is 16.9. The number of hydrogen-bond donors (Lipinski definition) is 2. The van der Waals surface area contributed by atoms with Crippen LogP contribution in [0.3, 0.4) is 0 Å². The lowest BCUT2D eigenvalue weighted by atomic mass is 9.68. The minimum absolute atomic E-state index is 0. The predicted molar refractivity (Wildman–Crippen MR) is 110 cm³/mol. The molecule has 146 valence electrons. The molecule has 4 nitrogen and oxygen atoms in total. The van der Waals surface area contributed by atoms with Crippen molar-refractivity contribution in [1.29, 1.82) is 0 Å². The number of halogens is 1. The van der Waals surface area contributed by atoms with Crippen molar-refractivity contribution in [1.82, 2.24) is 15.5 Å². The SMILES string of the molecule is Cc1cccc(C2(C(=O)NCCCN3CCNCC3)CCCCC2)c1.Cl. The molecule has 0 bridgehead atoms. The summed E-state index contributed by atoms with van der Waals surface area (Å²) in [5, 5.41) is 6.65. The van der Waals surface area contributed by atoms with Crippen LogP contribution in [-0.2, 0) is 10.2 Å². The second-order valence-corrected chi connectivity index (χ2v) is 7.71. The Morgan fingerprint density at radius 2 is 1.92 bits per heavy atom. The van der Waals surface area contributed by atoms with Gasteiger partial charge >= 0.3 is 0 Å². The van der Waals surface area contributed by atoms with E-state index in [9.17, 15) is 4.79 Å². The van der Waals surface area contributed by atoms with Gasteiger partial charge in [0.1, 0.15) is 0 Å². The molecule has 1 heterocycles. The van der Waals surface area contributed by atoms with Crippen LogP contribution in [0.4, 0.5) is 0 Å². The van der Waals surface area contributed by atoms with E-state index < -0.39 is 0 Å². The summed E-state index contributed by atoms with van der Waals surface area (Å²) in [7, 11) is 0. The molecule has 0 radical (unpaired) electrons. The monoisotopic (exact) mass is 379 g/mol. The molecular weight excluding hydrogens is 346 g/mol. The van der Waals surface area contributed by atoms with Crippen molar-refractivity contribution in [2.45, 2.75) is 50.9 Å². The molecule has 0 unspecified atom stereocenters. The summed E-state index contributed by atoms with van der Waals surface area (Å²) in [5.41, 5.74) is 2.15. The number of carbonyl (C=O) groups is 1. The van der Waals surface area contributed by atoms with Crippen molar-refractivity contribution < 1.29 is 4.79 Å². The van der Waals surface area contributed by atoms with Gasteiger partial charge in [0, 0.05) is 32.7 Å². The summed E-state index contributed by atoms with van der Waals surface area (Å²) in [6, 6.07) is 8.58. The fraction of sp³-hybridized carbons (Fsp3) is 0.667. The highest BCUT2D eigenvalue weighted by Gasteiger charge is 2.40. The lowest BCUT2D eigenvalue weighted by Gasteiger charge is -2.36. The van der Waals surface area contributed by atoms with Crippen LogP contribution in [-0.4, -0.2) is 50.1 Å². The van der Waals surface area contributed by atoms with Gasteiger partial charge in [-0.2, -0.15) is 0 Å². The fourth-order valence-electron chi connectivity index (χ4n) is 4.35. The Bertz CT molecular complexity index is 566. The summed E-state index contributed by atoms with van der Waals surface area (Å²) in [6.07, 6.45) is 6.57. The van der Waals surface area contributed by atoms with Gasteiger partial charge in [0.25, 0.3) is 0 Å². The van der Waals surface area contributed by atoms with Crippen LogP contribution in [0.25, 0.3) is 0 Å². The topological polar surface area (TPSA) is 44.4 Å². The Morgan fingerprint density at radius 1 is 1.19 bits per heavy atom. The highest BCUT2D eigenvalue weighted by Crippen LogP contribution is 2.40. The summed E-state index contributed by atoms with van der Waals surface area (Å²) in [5.74, 6) is 0.248. The maximum Gasteiger partial charge on any atom is 0.230 e. The van der Waals surface area contributed by atoms with Crippen LogP contribution in [0, 0.1) is 6.92 Å². The molecule has 26 heavy (non-hydrogen) atoms. The third-order valence-electron chi connectivity index (χ3n) is 5.86.